The maximum absolute atomic E-state index is 12.3. The quantitative estimate of drug-likeness (QED) is 0.299. The van der Waals surface area contributed by atoms with Gasteiger partial charge in [0, 0.05) is 5.69 Å². The number of nitriles is 1. The number of para-hydroxylation sites is 1. The van der Waals surface area contributed by atoms with Crippen molar-refractivity contribution in [1.29, 1.82) is 5.26 Å². The molecule has 29 heavy (non-hydrogen) atoms. The Morgan fingerprint density at radius 1 is 0.931 bits per heavy atom. The van der Waals surface area contributed by atoms with E-state index >= 15 is 0 Å². The number of hydrogen-bond donors (Lipinski definition) is 1. The van der Waals surface area contributed by atoms with Crippen LogP contribution >= 0.6 is 0 Å². The van der Waals surface area contributed by atoms with Gasteiger partial charge >= 0.3 is 5.97 Å². The fourth-order valence-electron chi connectivity index (χ4n) is 2.52. The molecular formula is C24H18N2O3. The second kappa shape index (κ2) is 9.16. The molecule has 0 aromatic heterocycles. The summed E-state index contributed by atoms with van der Waals surface area (Å²) in [6, 6.07) is 24.5. The summed E-state index contributed by atoms with van der Waals surface area (Å²) in [5.74, 6) is -0.568. The Hall–Kier alpha value is -4.17. The van der Waals surface area contributed by atoms with Gasteiger partial charge in [-0.2, -0.15) is 5.26 Å². The summed E-state index contributed by atoms with van der Waals surface area (Å²) in [6.07, 6.45) is 1.48. The Balaban J connectivity index is 1.68. The van der Waals surface area contributed by atoms with Crippen LogP contribution in [0.1, 0.15) is 21.5 Å². The number of hydrogen-bond acceptors (Lipinski definition) is 4. The molecule has 0 heterocycles. The van der Waals surface area contributed by atoms with Crippen LogP contribution in [0.4, 0.5) is 5.69 Å². The molecule has 0 aliphatic rings. The third-order valence-corrected chi connectivity index (χ3v) is 4.09. The average Bonchev–Trinajstić information content (AvgIpc) is 2.74. The molecule has 0 unspecified atom stereocenters. The highest BCUT2D eigenvalue weighted by atomic mass is 16.5. The monoisotopic (exact) mass is 382 g/mol. The molecule has 1 amide bonds. The lowest BCUT2D eigenvalue weighted by atomic mass is 10.1. The second-order valence-electron chi connectivity index (χ2n) is 6.31. The largest absolute Gasteiger partial charge is 0.423 e. The van der Waals surface area contributed by atoms with Crippen LogP contribution in [0.3, 0.4) is 0 Å². The Bertz CT molecular complexity index is 1080. The van der Waals surface area contributed by atoms with Gasteiger partial charge in [-0.25, -0.2) is 4.79 Å². The molecule has 1 N–H and O–H groups in total. The van der Waals surface area contributed by atoms with E-state index in [4.69, 9.17) is 4.74 Å². The lowest BCUT2D eigenvalue weighted by Gasteiger charge is -2.06. The van der Waals surface area contributed by atoms with E-state index in [0.717, 1.165) is 5.56 Å². The van der Waals surface area contributed by atoms with Crippen LogP contribution < -0.4 is 10.1 Å². The van der Waals surface area contributed by atoms with E-state index < -0.39 is 11.9 Å². The van der Waals surface area contributed by atoms with Gasteiger partial charge in [0.15, 0.2) is 0 Å². The molecular weight excluding hydrogens is 364 g/mol. The van der Waals surface area contributed by atoms with Gasteiger partial charge in [-0.3, -0.25) is 4.79 Å². The number of carbonyl (C=O) groups excluding carboxylic acids is 2. The summed E-state index contributed by atoms with van der Waals surface area (Å²) in [6.45, 7) is 1.94. The van der Waals surface area contributed by atoms with Gasteiger partial charge in [-0.1, -0.05) is 48.0 Å². The van der Waals surface area contributed by atoms with Gasteiger partial charge in [0.1, 0.15) is 17.4 Å². The van der Waals surface area contributed by atoms with E-state index in [9.17, 15) is 14.9 Å². The van der Waals surface area contributed by atoms with Gasteiger partial charge in [0.25, 0.3) is 5.91 Å². The first kappa shape index (κ1) is 19.6. The molecule has 3 rings (SSSR count). The standard InChI is InChI=1S/C24H18N2O3/c1-17-7-11-19(12-8-17)24(28)29-22-13-9-18(10-14-22)15-20(16-25)23(27)26-21-5-3-2-4-6-21/h2-15H,1H3,(H,26,27)/b20-15+. The Morgan fingerprint density at radius 3 is 2.21 bits per heavy atom. The number of carbonyl (C=O) groups is 2. The zero-order valence-corrected chi connectivity index (χ0v) is 15.8. The van der Waals surface area contributed by atoms with Crippen molar-refractivity contribution < 1.29 is 14.3 Å². The van der Waals surface area contributed by atoms with Crippen LogP contribution in [-0.4, -0.2) is 11.9 Å². The van der Waals surface area contributed by atoms with Crippen molar-refractivity contribution >= 4 is 23.6 Å². The highest BCUT2D eigenvalue weighted by molar-refractivity contribution is 6.09. The maximum atomic E-state index is 12.3. The first-order valence-corrected chi connectivity index (χ1v) is 8.92. The Labute approximate surface area is 168 Å². The third-order valence-electron chi connectivity index (χ3n) is 4.09. The zero-order chi connectivity index (χ0) is 20.6. The first-order valence-electron chi connectivity index (χ1n) is 8.92. The summed E-state index contributed by atoms with van der Waals surface area (Å²) in [5.41, 5.74) is 2.74. The molecule has 5 heteroatoms. The van der Waals surface area contributed by atoms with Crippen LogP contribution in [0.25, 0.3) is 6.08 Å². The Morgan fingerprint density at radius 2 is 1.59 bits per heavy atom. The minimum Gasteiger partial charge on any atom is -0.423 e. The predicted octanol–water partition coefficient (Wildman–Crippen LogP) is 4.76. The molecule has 0 atom stereocenters. The number of benzene rings is 3. The highest BCUT2D eigenvalue weighted by Crippen LogP contribution is 2.17. The lowest BCUT2D eigenvalue weighted by Crippen LogP contribution is -2.13. The summed E-state index contributed by atoms with van der Waals surface area (Å²) in [5, 5.41) is 12.0. The van der Waals surface area contributed by atoms with Crippen LogP contribution in [0.2, 0.25) is 0 Å². The molecule has 0 saturated carbocycles. The van der Waals surface area contributed by atoms with E-state index in [1.807, 2.05) is 31.2 Å². The van der Waals surface area contributed by atoms with Gasteiger partial charge in [0.2, 0.25) is 0 Å². The van der Waals surface area contributed by atoms with Crippen molar-refractivity contribution in [1.82, 2.24) is 0 Å². The molecule has 0 radical (unpaired) electrons. The molecule has 0 fully saturated rings. The number of esters is 1. The summed E-state index contributed by atoms with van der Waals surface area (Å²) in [7, 11) is 0. The number of anilines is 1. The highest BCUT2D eigenvalue weighted by Gasteiger charge is 2.10. The number of ether oxygens (including phenoxy) is 1. The smallest absolute Gasteiger partial charge is 0.343 e. The Kier molecular flexibility index (Phi) is 6.18. The van der Waals surface area contributed by atoms with Crippen LogP contribution in [0, 0.1) is 18.3 Å². The molecule has 142 valence electrons. The van der Waals surface area contributed by atoms with Crippen LogP contribution in [0.5, 0.6) is 5.75 Å². The first-order chi connectivity index (χ1) is 14.0. The van der Waals surface area contributed by atoms with Crippen molar-refractivity contribution in [3.8, 4) is 11.8 Å². The van der Waals surface area contributed by atoms with Gasteiger partial charge in [-0.15, -0.1) is 0 Å². The van der Waals surface area contributed by atoms with E-state index in [0.29, 0.717) is 22.6 Å². The fraction of sp³-hybridized carbons (Fsp3) is 0.0417. The van der Waals surface area contributed by atoms with Gasteiger partial charge in [-0.05, 0) is 55.0 Å². The number of nitrogens with zero attached hydrogens (tertiary/aromatic N) is 1. The predicted molar refractivity (Wildman–Crippen MR) is 111 cm³/mol. The average molecular weight is 382 g/mol. The minimum absolute atomic E-state index is 0.0294. The van der Waals surface area contributed by atoms with Crippen molar-refractivity contribution in [3.63, 3.8) is 0 Å². The number of nitrogens with one attached hydrogen (secondary N) is 1. The third kappa shape index (κ3) is 5.41. The normalized spacial score (nSPS) is 10.7. The molecule has 0 spiro atoms. The van der Waals surface area contributed by atoms with Crippen molar-refractivity contribution in [2.75, 3.05) is 5.32 Å². The summed E-state index contributed by atoms with van der Waals surface area (Å²) in [4.78, 5) is 24.4. The fourth-order valence-corrected chi connectivity index (χ4v) is 2.52. The van der Waals surface area contributed by atoms with Crippen molar-refractivity contribution in [2.45, 2.75) is 6.92 Å². The van der Waals surface area contributed by atoms with E-state index in [2.05, 4.69) is 5.32 Å². The maximum Gasteiger partial charge on any atom is 0.343 e. The van der Waals surface area contributed by atoms with E-state index in [1.54, 1.807) is 60.7 Å². The van der Waals surface area contributed by atoms with Gasteiger partial charge in [0.05, 0.1) is 5.56 Å². The number of amides is 1. The molecule has 0 bridgehead atoms. The van der Waals surface area contributed by atoms with E-state index in [-0.39, 0.29) is 5.57 Å². The number of aryl methyl sites for hydroxylation is 1. The lowest BCUT2D eigenvalue weighted by molar-refractivity contribution is -0.112. The molecule has 0 saturated heterocycles. The van der Waals surface area contributed by atoms with Crippen LogP contribution in [0.15, 0.2) is 84.4 Å². The molecule has 3 aromatic carbocycles. The van der Waals surface area contributed by atoms with Crippen molar-refractivity contribution in [3.05, 3.63) is 101 Å². The molecule has 3 aromatic rings. The van der Waals surface area contributed by atoms with Crippen LogP contribution in [-0.2, 0) is 4.79 Å². The molecule has 0 aliphatic carbocycles. The van der Waals surface area contributed by atoms with Gasteiger partial charge < -0.3 is 10.1 Å². The SMILES string of the molecule is Cc1ccc(C(=O)Oc2ccc(/C=C(\C#N)C(=O)Nc3ccccc3)cc2)cc1. The molecule has 0 aliphatic heterocycles. The number of rotatable bonds is 5. The summed E-state index contributed by atoms with van der Waals surface area (Å²) < 4.78 is 5.35. The topological polar surface area (TPSA) is 79.2 Å². The van der Waals surface area contributed by atoms with Crippen molar-refractivity contribution in [2.24, 2.45) is 0 Å². The zero-order valence-electron chi connectivity index (χ0n) is 15.8. The van der Waals surface area contributed by atoms with E-state index in [1.165, 1.54) is 6.08 Å². The molecule has 5 nitrogen and oxygen atoms in total. The second-order valence-corrected chi connectivity index (χ2v) is 6.31. The minimum atomic E-state index is -0.492. The summed E-state index contributed by atoms with van der Waals surface area (Å²) >= 11 is 0.